The van der Waals surface area contributed by atoms with E-state index in [0.29, 0.717) is 37.7 Å². The number of benzene rings is 1. The zero-order valence-corrected chi connectivity index (χ0v) is 18.5. The fourth-order valence-electron chi connectivity index (χ4n) is 4.33. The Morgan fingerprint density at radius 2 is 2.09 bits per heavy atom. The van der Waals surface area contributed by atoms with Gasteiger partial charge < -0.3 is 14.4 Å². The summed E-state index contributed by atoms with van der Waals surface area (Å²) in [6, 6.07) is 9.89. The average Bonchev–Trinajstić information content (AvgIpc) is 3.23. The summed E-state index contributed by atoms with van der Waals surface area (Å²) in [5.74, 6) is 0.357. The van der Waals surface area contributed by atoms with Crippen LogP contribution in [0.3, 0.4) is 0 Å². The lowest BCUT2D eigenvalue weighted by Gasteiger charge is -2.32. The van der Waals surface area contributed by atoms with Crippen molar-refractivity contribution in [3.8, 4) is 11.6 Å². The summed E-state index contributed by atoms with van der Waals surface area (Å²) >= 11 is 0. The van der Waals surface area contributed by atoms with Gasteiger partial charge in [0, 0.05) is 32.2 Å². The molecule has 3 aromatic rings. The van der Waals surface area contributed by atoms with Crippen LogP contribution < -0.4 is 4.74 Å². The van der Waals surface area contributed by atoms with Crippen LogP contribution in [0.4, 0.5) is 4.39 Å². The molecule has 172 valence electrons. The molecule has 1 amide bonds. The number of fused-ring (bicyclic) bond motifs is 1. The van der Waals surface area contributed by atoms with Crippen molar-refractivity contribution in [1.82, 2.24) is 24.9 Å². The molecule has 0 saturated carbocycles. The fourth-order valence-corrected chi connectivity index (χ4v) is 4.33. The highest BCUT2D eigenvalue weighted by Gasteiger charge is 2.29. The van der Waals surface area contributed by atoms with Gasteiger partial charge in [-0.25, -0.2) is 14.1 Å². The van der Waals surface area contributed by atoms with Crippen molar-refractivity contribution in [1.29, 1.82) is 0 Å². The molecule has 2 aliphatic heterocycles. The van der Waals surface area contributed by atoms with Crippen molar-refractivity contribution < 1.29 is 18.7 Å². The molecule has 0 radical (unpaired) electrons. The van der Waals surface area contributed by atoms with Gasteiger partial charge >= 0.3 is 0 Å². The van der Waals surface area contributed by atoms with Crippen LogP contribution in [0.2, 0.25) is 0 Å². The number of aryl methyl sites for hydroxylation is 1. The zero-order chi connectivity index (χ0) is 22.8. The highest BCUT2D eigenvalue weighted by atomic mass is 19.1. The zero-order valence-electron chi connectivity index (χ0n) is 18.5. The van der Waals surface area contributed by atoms with Crippen molar-refractivity contribution in [3.05, 3.63) is 64.9 Å². The quantitative estimate of drug-likeness (QED) is 0.593. The second-order valence-electron chi connectivity index (χ2n) is 8.48. The summed E-state index contributed by atoms with van der Waals surface area (Å²) in [4.78, 5) is 19.4. The Bertz CT molecular complexity index is 1140. The Hall–Kier alpha value is -3.33. The van der Waals surface area contributed by atoms with Crippen LogP contribution in [0.25, 0.3) is 5.69 Å². The van der Waals surface area contributed by atoms with Crippen molar-refractivity contribution in [2.24, 2.45) is 5.92 Å². The molecule has 2 aromatic heterocycles. The molecule has 1 atom stereocenters. The molecule has 8 nitrogen and oxygen atoms in total. The summed E-state index contributed by atoms with van der Waals surface area (Å²) in [5, 5.41) is 8.29. The minimum absolute atomic E-state index is 0.0290. The molecular weight excluding hydrogens is 425 g/mol. The average molecular weight is 452 g/mol. The van der Waals surface area contributed by atoms with Crippen LogP contribution in [-0.2, 0) is 29.1 Å². The van der Waals surface area contributed by atoms with Gasteiger partial charge in [-0.15, -0.1) is 5.10 Å². The number of aromatic nitrogens is 4. The van der Waals surface area contributed by atoms with Gasteiger partial charge in [-0.05, 0) is 49.6 Å². The first-order valence-electron chi connectivity index (χ1n) is 11.2. The lowest BCUT2D eigenvalue weighted by Crippen LogP contribution is -2.42. The molecule has 1 aromatic carbocycles. The maximum atomic E-state index is 13.3. The SMILES string of the molecule is Cc1nnn(-c2ccc(F)cc2)c1COc1ccc2c(n1)CCN(C(=O)C1CCCOC1)C2. The molecule has 33 heavy (non-hydrogen) atoms. The van der Waals surface area contributed by atoms with Crippen molar-refractivity contribution in [3.63, 3.8) is 0 Å². The smallest absolute Gasteiger partial charge is 0.228 e. The van der Waals surface area contributed by atoms with E-state index in [4.69, 9.17) is 9.47 Å². The predicted octanol–water partition coefficient (Wildman–Crippen LogP) is 3.00. The first-order chi connectivity index (χ1) is 16.1. The summed E-state index contributed by atoms with van der Waals surface area (Å²) < 4.78 is 26.4. The van der Waals surface area contributed by atoms with E-state index < -0.39 is 0 Å². The van der Waals surface area contributed by atoms with Gasteiger partial charge in [-0.1, -0.05) is 11.3 Å². The minimum atomic E-state index is -0.306. The lowest BCUT2D eigenvalue weighted by atomic mass is 9.98. The highest BCUT2D eigenvalue weighted by molar-refractivity contribution is 5.79. The van der Waals surface area contributed by atoms with Crippen LogP contribution >= 0.6 is 0 Å². The van der Waals surface area contributed by atoms with Gasteiger partial charge in [0.2, 0.25) is 11.8 Å². The van der Waals surface area contributed by atoms with Crippen LogP contribution in [0.5, 0.6) is 5.88 Å². The van der Waals surface area contributed by atoms with E-state index >= 15 is 0 Å². The Labute approximate surface area is 191 Å². The van der Waals surface area contributed by atoms with Crippen LogP contribution in [0.15, 0.2) is 36.4 Å². The number of amides is 1. The standard InChI is InChI=1S/C24H26FN5O3/c1-16-22(30(28-27-16)20-7-5-19(25)6-8-20)15-33-23-9-4-17-13-29(11-10-21(17)26-23)24(31)18-3-2-12-32-14-18/h4-9,18H,2-3,10-15H2,1H3. The largest absolute Gasteiger partial charge is 0.471 e. The molecule has 0 spiro atoms. The maximum absolute atomic E-state index is 13.3. The molecule has 1 saturated heterocycles. The van der Waals surface area contributed by atoms with Crippen molar-refractivity contribution >= 4 is 5.91 Å². The second kappa shape index (κ2) is 9.27. The van der Waals surface area contributed by atoms with E-state index in [1.165, 1.54) is 12.1 Å². The highest BCUT2D eigenvalue weighted by Crippen LogP contribution is 2.25. The molecule has 5 rings (SSSR count). The summed E-state index contributed by atoms with van der Waals surface area (Å²) in [7, 11) is 0. The fraction of sp³-hybridized carbons (Fsp3) is 0.417. The van der Waals surface area contributed by atoms with Gasteiger partial charge in [0.25, 0.3) is 0 Å². The van der Waals surface area contributed by atoms with Crippen molar-refractivity contribution in [2.45, 2.75) is 39.3 Å². The molecule has 1 fully saturated rings. The number of carbonyl (C=O) groups excluding carboxylic acids is 1. The number of rotatable bonds is 5. The van der Waals surface area contributed by atoms with E-state index in [2.05, 4.69) is 15.3 Å². The number of hydrogen-bond acceptors (Lipinski definition) is 6. The number of nitrogens with zero attached hydrogens (tertiary/aromatic N) is 5. The molecular formula is C24H26FN5O3. The Morgan fingerprint density at radius 1 is 1.24 bits per heavy atom. The normalized spacial score (nSPS) is 18.1. The molecule has 4 heterocycles. The van der Waals surface area contributed by atoms with Gasteiger partial charge in [0.05, 0.1) is 29.6 Å². The summed E-state index contributed by atoms with van der Waals surface area (Å²) in [6.45, 7) is 4.58. The Morgan fingerprint density at radius 3 is 2.88 bits per heavy atom. The number of hydrogen-bond donors (Lipinski definition) is 0. The van der Waals surface area contributed by atoms with E-state index in [9.17, 15) is 9.18 Å². The first-order valence-corrected chi connectivity index (χ1v) is 11.2. The van der Waals surface area contributed by atoms with E-state index in [1.807, 2.05) is 24.0 Å². The van der Waals surface area contributed by atoms with Gasteiger partial charge in [0.15, 0.2) is 0 Å². The molecule has 2 aliphatic rings. The number of halogens is 1. The molecule has 0 aliphatic carbocycles. The summed E-state index contributed by atoms with van der Waals surface area (Å²) in [5.41, 5.74) is 4.22. The van der Waals surface area contributed by atoms with E-state index in [1.54, 1.807) is 16.8 Å². The third-order valence-corrected chi connectivity index (χ3v) is 6.23. The second-order valence-corrected chi connectivity index (χ2v) is 8.48. The van der Waals surface area contributed by atoms with Crippen molar-refractivity contribution in [2.75, 3.05) is 19.8 Å². The van der Waals surface area contributed by atoms with Gasteiger partial charge in [0.1, 0.15) is 18.1 Å². The Kier molecular flexibility index (Phi) is 6.04. The molecule has 0 bridgehead atoms. The third kappa shape index (κ3) is 4.59. The van der Waals surface area contributed by atoms with E-state index in [-0.39, 0.29) is 24.2 Å². The number of ether oxygens (including phenoxy) is 2. The van der Waals surface area contributed by atoms with Crippen LogP contribution in [-0.4, -0.2) is 50.5 Å². The third-order valence-electron chi connectivity index (χ3n) is 6.23. The van der Waals surface area contributed by atoms with E-state index in [0.717, 1.165) is 42.1 Å². The molecule has 9 heteroatoms. The van der Waals surface area contributed by atoms with Gasteiger partial charge in [-0.2, -0.15) is 0 Å². The summed E-state index contributed by atoms with van der Waals surface area (Å²) in [6.07, 6.45) is 2.54. The topological polar surface area (TPSA) is 82.4 Å². The molecule has 1 unspecified atom stereocenters. The maximum Gasteiger partial charge on any atom is 0.228 e. The first kappa shape index (κ1) is 21.5. The lowest BCUT2D eigenvalue weighted by molar-refractivity contribution is -0.140. The number of pyridine rings is 1. The predicted molar refractivity (Wildman–Crippen MR) is 117 cm³/mol. The monoisotopic (exact) mass is 451 g/mol. The van der Waals surface area contributed by atoms with Crippen LogP contribution in [0, 0.1) is 18.7 Å². The Balaban J connectivity index is 1.26. The van der Waals surface area contributed by atoms with Crippen LogP contribution in [0.1, 0.15) is 35.5 Å². The van der Waals surface area contributed by atoms with Gasteiger partial charge in [-0.3, -0.25) is 4.79 Å². The minimum Gasteiger partial charge on any atom is -0.471 e. The number of carbonyl (C=O) groups is 1. The molecule has 0 N–H and O–H groups in total.